The summed E-state index contributed by atoms with van der Waals surface area (Å²) in [6.45, 7) is 1.88. The molecule has 1 heterocycles. The standard InChI is InChI=1S/C13H14N6/c1-9-12(16-8-17-13(9)19-15)18-11-4-2-10(3-5-11)6-7-14/h2-5,8H,6,15H2,1H3,(H2,16,17,18,19). The molecule has 0 unspecified atom stereocenters. The van der Waals surface area contributed by atoms with Gasteiger partial charge in [-0.15, -0.1) is 0 Å². The first kappa shape index (κ1) is 12.8. The topological polar surface area (TPSA) is 99.7 Å². The maximum Gasteiger partial charge on any atom is 0.148 e. The second kappa shape index (κ2) is 5.80. The first-order chi connectivity index (χ1) is 9.24. The Bertz CT molecular complexity index is 600. The van der Waals surface area contributed by atoms with Crippen LogP contribution in [-0.2, 0) is 6.42 Å². The number of rotatable bonds is 4. The van der Waals surface area contributed by atoms with Crippen molar-refractivity contribution in [1.82, 2.24) is 9.97 Å². The summed E-state index contributed by atoms with van der Waals surface area (Å²) in [5.41, 5.74) is 5.24. The number of anilines is 3. The number of nitrogens with zero attached hydrogens (tertiary/aromatic N) is 3. The molecule has 0 saturated carbocycles. The van der Waals surface area contributed by atoms with E-state index < -0.39 is 0 Å². The summed E-state index contributed by atoms with van der Waals surface area (Å²) >= 11 is 0. The van der Waals surface area contributed by atoms with Crippen LogP contribution in [0.4, 0.5) is 17.3 Å². The average Bonchev–Trinajstić information content (AvgIpc) is 2.43. The summed E-state index contributed by atoms with van der Waals surface area (Å²) in [5.74, 6) is 6.64. The van der Waals surface area contributed by atoms with Crippen molar-refractivity contribution in [2.24, 2.45) is 5.84 Å². The molecule has 0 amide bonds. The van der Waals surface area contributed by atoms with Gasteiger partial charge in [-0.3, -0.25) is 0 Å². The van der Waals surface area contributed by atoms with Gasteiger partial charge < -0.3 is 10.7 Å². The highest BCUT2D eigenvalue weighted by atomic mass is 15.3. The van der Waals surface area contributed by atoms with Crippen LogP contribution in [0.3, 0.4) is 0 Å². The Morgan fingerprint density at radius 1 is 1.21 bits per heavy atom. The van der Waals surface area contributed by atoms with Gasteiger partial charge in [0.2, 0.25) is 0 Å². The number of benzene rings is 1. The molecular formula is C13H14N6. The minimum Gasteiger partial charge on any atom is -0.340 e. The first-order valence-corrected chi connectivity index (χ1v) is 5.75. The Labute approximate surface area is 111 Å². The van der Waals surface area contributed by atoms with E-state index in [9.17, 15) is 0 Å². The van der Waals surface area contributed by atoms with Gasteiger partial charge in [0.1, 0.15) is 18.0 Å². The predicted octanol–water partition coefficient (Wildman–Crippen LogP) is 1.88. The van der Waals surface area contributed by atoms with E-state index in [0.717, 1.165) is 16.8 Å². The van der Waals surface area contributed by atoms with Gasteiger partial charge in [-0.05, 0) is 24.6 Å². The quantitative estimate of drug-likeness (QED) is 0.569. The van der Waals surface area contributed by atoms with Crippen LogP contribution in [0, 0.1) is 18.3 Å². The summed E-state index contributed by atoms with van der Waals surface area (Å²) < 4.78 is 0. The molecule has 4 N–H and O–H groups in total. The van der Waals surface area contributed by atoms with Crippen molar-refractivity contribution in [2.75, 3.05) is 10.7 Å². The molecule has 0 aliphatic heterocycles. The fourth-order valence-corrected chi connectivity index (χ4v) is 1.66. The Hall–Kier alpha value is -2.65. The largest absolute Gasteiger partial charge is 0.340 e. The Balaban J connectivity index is 2.19. The maximum absolute atomic E-state index is 8.62. The lowest BCUT2D eigenvalue weighted by Crippen LogP contribution is -2.11. The van der Waals surface area contributed by atoms with E-state index in [1.165, 1.54) is 6.33 Å². The van der Waals surface area contributed by atoms with Crippen LogP contribution in [-0.4, -0.2) is 9.97 Å². The van der Waals surface area contributed by atoms with E-state index >= 15 is 0 Å². The number of hydrogen-bond acceptors (Lipinski definition) is 6. The van der Waals surface area contributed by atoms with Crippen LogP contribution in [0.1, 0.15) is 11.1 Å². The van der Waals surface area contributed by atoms with E-state index in [2.05, 4.69) is 26.8 Å². The summed E-state index contributed by atoms with van der Waals surface area (Å²) in [5, 5.41) is 11.8. The lowest BCUT2D eigenvalue weighted by atomic mass is 10.1. The lowest BCUT2D eigenvalue weighted by molar-refractivity contribution is 1.10. The second-order valence-corrected chi connectivity index (χ2v) is 4.00. The summed E-state index contributed by atoms with van der Waals surface area (Å²) in [4.78, 5) is 8.19. The molecule has 0 aliphatic rings. The summed E-state index contributed by atoms with van der Waals surface area (Å²) in [6, 6.07) is 9.74. The van der Waals surface area contributed by atoms with E-state index in [-0.39, 0.29) is 0 Å². The fourth-order valence-electron chi connectivity index (χ4n) is 1.66. The molecule has 96 valence electrons. The van der Waals surface area contributed by atoms with Crippen LogP contribution in [0.2, 0.25) is 0 Å². The molecule has 2 aromatic rings. The van der Waals surface area contributed by atoms with Crippen molar-refractivity contribution in [3.8, 4) is 6.07 Å². The zero-order valence-electron chi connectivity index (χ0n) is 10.5. The maximum atomic E-state index is 8.62. The molecule has 6 heteroatoms. The minimum atomic E-state index is 0.411. The van der Waals surface area contributed by atoms with Crippen molar-refractivity contribution in [3.05, 3.63) is 41.7 Å². The molecule has 19 heavy (non-hydrogen) atoms. The molecule has 6 nitrogen and oxygen atoms in total. The first-order valence-electron chi connectivity index (χ1n) is 5.75. The normalized spacial score (nSPS) is 9.74. The van der Waals surface area contributed by atoms with Gasteiger partial charge in [0.15, 0.2) is 0 Å². The molecule has 1 aromatic carbocycles. The van der Waals surface area contributed by atoms with E-state index in [4.69, 9.17) is 11.1 Å². The number of hydrazine groups is 1. The molecular weight excluding hydrogens is 240 g/mol. The zero-order valence-corrected chi connectivity index (χ0v) is 10.5. The van der Waals surface area contributed by atoms with Crippen LogP contribution >= 0.6 is 0 Å². The van der Waals surface area contributed by atoms with Gasteiger partial charge in [-0.1, -0.05) is 12.1 Å². The molecule has 0 aliphatic carbocycles. The van der Waals surface area contributed by atoms with Gasteiger partial charge in [0.25, 0.3) is 0 Å². The third-order valence-corrected chi connectivity index (χ3v) is 2.72. The molecule has 2 rings (SSSR count). The van der Waals surface area contributed by atoms with Crippen molar-refractivity contribution < 1.29 is 0 Å². The Morgan fingerprint density at radius 2 is 1.89 bits per heavy atom. The van der Waals surface area contributed by atoms with Crippen LogP contribution in [0.5, 0.6) is 0 Å². The van der Waals surface area contributed by atoms with Gasteiger partial charge in [0, 0.05) is 11.3 Å². The van der Waals surface area contributed by atoms with Crippen molar-refractivity contribution in [2.45, 2.75) is 13.3 Å². The smallest absolute Gasteiger partial charge is 0.148 e. The lowest BCUT2D eigenvalue weighted by Gasteiger charge is -2.11. The zero-order chi connectivity index (χ0) is 13.7. The number of nitrogens with one attached hydrogen (secondary N) is 2. The molecule has 0 atom stereocenters. The van der Waals surface area contributed by atoms with E-state index in [1.807, 2.05) is 31.2 Å². The highest BCUT2D eigenvalue weighted by Crippen LogP contribution is 2.21. The Kier molecular flexibility index (Phi) is 3.90. The monoisotopic (exact) mass is 254 g/mol. The Morgan fingerprint density at radius 3 is 2.53 bits per heavy atom. The highest BCUT2D eigenvalue weighted by Gasteiger charge is 2.05. The third kappa shape index (κ3) is 2.97. The molecule has 0 saturated heterocycles. The summed E-state index contributed by atoms with van der Waals surface area (Å²) in [7, 11) is 0. The third-order valence-electron chi connectivity index (χ3n) is 2.72. The van der Waals surface area contributed by atoms with Crippen LogP contribution < -0.4 is 16.6 Å². The van der Waals surface area contributed by atoms with E-state index in [1.54, 1.807) is 0 Å². The van der Waals surface area contributed by atoms with Gasteiger partial charge in [0.05, 0.1) is 12.5 Å². The van der Waals surface area contributed by atoms with Crippen LogP contribution in [0.25, 0.3) is 0 Å². The van der Waals surface area contributed by atoms with Crippen molar-refractivity contribution >= 4 is 17.3 Å². The van der Waals surface area contributed by atoms with Gasteiger partial charge in [-0.25, -0.2) is 15.8 Å². The number of nitriles is 1. The second-order valence-electron chi connectivity index (χ2n) is 4.00. The predicted molar refractivity (Wildman–Crippen MR) is 73.6 cm³/mol. The average molecular weight is 254 g/mol. The minimum absolute atomic E-state index is 0.411. The number of hydrogen-bond donors (Lipinski definition) is 3. The molecule has 0 spiro atoms. The van der Waals surface area contributed by atoms with Crippen molar-refractivity contribution in [1.29, 1.82) is 5.26 Å². The van der Waals surface area contributed by atoms with Crippen LogP contribution in [0.15, 0.2) is 30.6 Å². The SMILES string of the molecule is Cc1c(NN)ncnc1Nc1ccc(CC#N)cc1. The molecule has 0 fully saturated rings. The van der Waals surface area contributed by atoms with Gasteiger partial charge >= 0.3 is 0 Å². The molecule has 1 aromatic heterocycles. The molecule has 0 radical (unpaired) electrons. The number of nitrogen functional groups attached to an aromatic ring is 1. The van der Waals surface area contributed by atoms with E-state index in [0.29, 0.717) is 18.1 Å². The number of aromatic nitrogens is 2. The summed E-state index contributed by atoms with van der Waals surface area (Å²) in [6.07, 6.45) is 1.85. The highest BCUT2D eigenvalue weighted by molar-refractivity contribution is 5.64. The number of nitrogens with two attached hydrogens (primary N) is 1. The molecule has 0 bridgehead atoms. The fraction of sp³-hybridized carbons (Fsp3) is 0.154. The van der Waals surface area contributed by atoms with Gasteiger partial charge in [-0.2, -0.15) is 5.26 Å². The van der Waals surface area contributed by atoms with Crippen molar-refractivity contribution in [3.63, 3.8) is 0 Å².